The van der Waals surface area contributed by atoms with Gasteiger partial charge in [0, 0.05) is 14.2 Å². The Morgan fingerprint density at radius 1 is 0.524 bits per heavy atom. The minimum Gasteiger partial charge on any atom is -0.383 e. The first-order valence-electron chi connectivity index (χ1n) is 14.9. The van der Waals surface area contributed by atoms with Gasteiger partial charge in [-0.25, -0.2) is 0 Å². The Kier molecular flexibility index (Phi) is 18.5. The molecule has 0 aromatic heterocycles. The minimum atomic E-state index is -1.27. The zero-order chi connectivity index (χ0) is 31.8. The van der Waals surface area contributed by atoms with Gasteiger partial charge in [0.25, 0.3) is 0 Å². The molecule has 0 bridgehead atoms. The summed E-state index contributed by atoms with van der Waals surface area (Å²) in [6.45, 7) is 17.8. The largest absolute Gasteiger partial charge is 0.383 e. The van der Waals surface area contributed by atoms with Gasteiger partial charge in [-0.3, -0.25) is 0 Å². The SMILES string of the molecule is COCC(C)OCC(C)OCC(C)OCC(C)(O)c1cccc(C(C)(O)COC(C)COC(C)COC(C)COC)c1. The van der Waals surface area contributed by atoms with E-state index in [4.69, 9.17) is 37.9 Å². The third-order valence-corrected chi connectivity index (χ3v) is 6.67. The zero-order valence-electron chi connectivity index (χ0n) is 27.6. The standard InChI is InChI=1S/C32H58O10/c1-23(15-35-9)37-17-25(3)39-19-27(5)41-21-31(7,33)29-12-11-13-30(14-29)32(8,34)22-42-28(6)20-40-26(4)18-38-24(2)16-36-10/h11-14,23-28,33-34H,15-22H2,1-10H3. The molecule has 0 saturated carbocycles. The molecule has 2 N–H and O–H groups in total. The minimum absolute atomic E-state index is 0.000217. The van der Waals surface area contributed by atoms with Gasteiger partial charge in [0.05, 0.1) is 89.5 Å². The van der Waals surface area contributed by atoms with Crippen LogP contribution in [0.25, 0.3) is 0 Å². The van der Waals surface area contributed by atoms with Gasteiger partial charge < -0.3 is 48.1 Å². The smallest absolute Gasteiger partial charge is 0.110 e. The van der Waals surface area contributed by atoms with Crippen LogP contribution in [-0.2, 0) is 49.1 Å². The maximum absolute atomic E-state index is 11.2. The van der Waals surface area contributed by atoms with Gasteiger partial charge in [0.2, 0.25) is 0 Å². The first-order chi connectivity index (χ1) is 19.7. The van der Waals surface area contributed by atoms with Crippen molar-refractivity contribution in [2.24, 2.45) is 0 Å². The molecule has 1 aromatic rings. The fraction of sp³-hybridized carbons (Fsp3) is 0.812. The highest BCUT2D eigenvalue weighted by atomic mass is 16.6. The van der Waals surface area contributed by atoms with Crippen molar-refractivity contribution in [1.29, 1.82) is 0 Å². The van der Waals surface area contributed by atoms with Gasteiger partial charge in [-0.1, -0.05) is 18.2 Å². The topological polar surface area (TPSA) is 114 Å². The molecule has 42 heavy (non-hydrogen) atoms. The quantitative estimate of drug-likeness (QED) is 0.181. The summed E-state index contributed by atoms with van der Waals surface area (Å²) in [5.41, 5.74) is -1.28. The normalized spacial score (nSPS) is 19.3. The van der Waals surface area contributed by atoms with E-state index in [1.54, 1.807) is 34.1 Å². The lowest BCUT2D eigenvalue weighted by molar-refractivity contribution is -0.105. The monoisotopic (exact) mass is 602 g/mol. The first-order valence-corrected chi connectivity index (χ1v) is 14.9. The Hall–Kier alpha value is -1.18. The highest BCUT2D eigenvalue weighted by Gasteiger charge is 2.29. The van der Waals surface area contributed by atoms with Crippen LogP contribution in [-0.4, -0.2) is 114 Å². The second-order valence-corrected chi connectivity index (χ2v) is 11.9. The Balaban J connectivity index is 2.54. The second kappa shape index (κ2) is 20.0. The van der Waals surface area contributed by atoms with E-state index >= 15 is 0 Å². The molecular formula is C32H58O10. The molecule has 0 aliphatic rings. The van der Waals surface area contributed by atoms with Gasteiger partial charge in [-0.2, -0.15) is 0 Å². The van der Waals surface area contributed by atoms with Gasteiger partial charge in [-0.15, -0.1) is 0 Å². The third-order valence-electron chi connectivity index (χ3n) is 6.67. The van der Waals surface area contributed by atoms with Crippen molar-refractivity contribution in [1.82, 2.24) is 0 Å². The molecule has 10 heteroatoms. The maximum Gasteiger partial charge on any atom is 0.110 e. The van der Waals surface area contributed by atoms with Crippen molar-refractivity contribution < 1.29 is 48.1 Å². The number of rotatable bonds is 24. The van der Waals surface area contributed by atoms with E-state index < -0.39 is 11.2 Å². The molecule has 0 spiro atoms. The van der Waals surface area contributed by atoms with Crippen LogP contribution in [0.3, 0.4) is 0 Å². The van der Waals surface area contributed by atoms with Crippen LogP contribution in [0.5, 0.6) is 0 Å². The van der Waals surface area contributed by atoms with Crippen LogP contribution >= 0.6 is 0 Å². The van der Waals surface area contributed by atoms with E-state index in [2.05, 4.69) is 0 Å². The molecule has 8 atom stereocenters. The highest BCUT2D eigenvalue weighted by Crippen LogP contribution is 2.28. The number of benzene rings is 1. The van der Waals surface area contributed by atoms with Gasteiger partial charge in [0.15, 0.2) is 0 Å². The molecule has 1 aromatic carbocycles. The summed E-state index contributed by atoms with van der Waals surface area (Å²) in [4.78, 5) is 0. The van der Waals surface area contributed by atoms with E-state index in [9.17, 15) is 10.2 Å². The van der Waals surface area contributed by atoms with Gasteiger partial charge in [0.1, 0.15) is 11.2 Å². The molecule has 0 radical (unpaired) electrons. The fourth-order valence-corrected chi connectivity index (χ4v) is 3.92. The average Bonchev–Trinajstić information content (AvgIpc) is 2.95. The zero-order valence-corrected chi connectivity index (χ0v) is 27.6. The predicted molar refractivity (Wildman–Crippen MR) is 162 cm³/mol. The maximum atomic E-state index is 11.2. The van der Waals surface area contributed by atoms with E-state index in [0.29, 0.717) is 50.8 Å². The van der Waals surface area contributed by atoms with Crippen molar-refractivity contribution in [3.05, 3.63) is 35.4 Å². The molecule has 1 rings (SSSR count). The van der Waals surface area contributed by atoms with Crippen molar-refractivity contribution in [2.45, 2.75) is 103 Å². The van der Waals surface area contributed by atoms with Crippen LogP contribution < -0.4 is 0 Å². The number of hydrogen-bond acceptors (Lipinski definition) is 10. The molecule has 0 fully saturated rings. The lowest BCUT2D eigenvalue weighted by Crippen LogP contribution is -2.34. The van der Waals surface area contributed by atoms with Crippen LogP contribution in [0.4, 0.5) is 0 Å². The highest BCUT2D eigenvalue weighted by molar-refractivity contribution is 5.31. The molecule has 0 aliphatic carbocycles. The number of aliphatic hydroxyl groups is 2. The lowest BCUT2D eigenvalue weighted by atomic mass is 9.90. The predicted octanol–water partition coefficient (Wildman–Crippen LogP) is 3.83. The summed E-state index contributed by atoms with van der Waals surface area (Å²) in [6.07, 6.45) is -0.666. The van der Waals surface area contributed by atoms with E-state index in [1.807, 2.05) is 59.7 Å². The average molecular weight is 603 g/mol. The molecule has 0 amide bonds. The van der Waals surface area contributed by atoms with Crippen LogP contribution in [0, 0.1) is 0 Å². The summed E-state index contributed by atoms with van der Waals surface area (Å²) < 4.78 is 45.0. The number of methoxy groups -OCH3 is 2. The first kappa shape index (κ1) is 38.8. The third kappa shape index (κ3) is 16.0. The Labute approximate surface area is 253 Å². The van der Waals surface area contributed by atoms with Crippen LogP contribution in [0.1, 0.15) is 66.5 Å². The Bertz CT molecular complexity index is 770. The molecule has 8 unspecified atom stereocenters. The van der Waals surface area contributed by atoms with E-state index in [0.717, 1.165) is 0 Å². The van der Waals surface area contributed by atoms with Crippen molar-refractivity contribution in [3.63, 3.8) is 0 Å². The van der Waals surface area contributed by atoms with E-state index in [1.165, 1.54) is 0 Å². The summed E-state index contributed by atoms with van der Waals surface area (Å²) in [6, 6.07) is 7.24. The molecule has 0 aliphatic heterocycles. The van der Waals surface area contributed by atoms with Crippen molar-refractivity contribution >= 4 is 0 Å². The summed E-state index contributed by atoms with van der Waals surface area (Å²) in [5.74, 6) is 0. The number of ether oxygens (including phenoxy) is 8. The molecule has 246 valence electrons. The van der Waals surface area contributed by atoms with Crippen LogP contribution in [0.2, 0.25) is 0 Å². The van der Waals surface area contributed by atoms with Crippen molar-refractivity contribution in [3.8, 4) is 0 Å². The number of hydrogen-bond donors (Lipinski definition) is 2. The Morgan fingerprint density at radius 2 is 0.810 bits per heavy atom. The fourth-order valence-electron chi connectivity index (χ4n) is 3.92. The summed E-state index contributed by atoms with van der Waals surface area (Å²) in [5, 5.41) is 22.4. The van der Waals surface area contributed by atoms with Crippen LogP contribution in [0.15, 0.2) is 24.3 Å². The molecule has 0 heterocycles. The second-order valence-electron chi connectivity index (χ2n) is 11.9. The van der Waals surface area contributed by atoms with Gasteiger partial charge in [-0.05, 0) is 72.6 Å². The molecular weight excluding hydrogens is 544 g/mol. The Morgan fingerprint density at radius 3 is 1.12 bits per heavy atom. The summed E-state index contributed by atoms with van der Waals surface area (Å²) in [7, 11) is 3.29. The van der Waals surface area contributed by atoms with E-state index in [-0.39, 0.29) is 49.8 Å². The van der Waals surface area contributed by atoms with Crippen molar-refractivity contribution in [2.75, 3.05) is 67.1 Å². The van der Waals surface area contributed by atoms with Gasteiger partial charge >= 0.3 is 0 Å². The molecule has 10 nitrogen and oxygen atoms in total. The summed E-state index contributed by atoms with van der Waals surface area (Å²) >= 11 is 0. The lowest BCUT2D eigenvalue weighted by Gasteiger charge is -2.30. The molecule has 0 saturated heterocycles.